The fourth-order valence-corrected chi connectivity index (χ4v) is 5.61. The third-order valence-electron chi connectivity index (χ3n) is 3.04. The zero-order valence-corrected chi connectivity index (χ0v) is 14.8. The molecule has 2 rings (SSSR count). The first-order valence-corrected chi connectivity index (χ1v) is 8.99. The monoisotopic (exact) mass is 388 g/mol. The maximum Gasteiger partial charge on any atom is 0.250 e. The van der Waals surface area contributed by atoms with Crippen LogP contribution in [0.25, 0.3) is 0 Å². The first kappa shape index (κ1) is 17.4. The van der Waals surface area contributed by atoms with Crippen LogP contribution in [0.4, 0.5) is 0 Å². The molecular formula is C11H18BrClN2O2S2. The zero-order chi connectivity index (χ0) is 13.3. The molecule has 0 spiro atoms. The Morgan fingerprint density at radius 2 is 2.21 bits per heavy atom. The van der Waals surface area contributed by atoms with Crippen molar-refractivity contribution in [2.24, 2.45) is 0 Å². The third kappa shape index (κ3) is 4.41. The highest BCUT2D eigenvalue weighted by Gasteiger charge is 2.25. The molecule has 8 heteroatoms. The van der Waals surface area contributed by atoms with Crippen molar-refractivity contribution in [1.82, 2.24) is 10.0 Å². The summed E-state index contributed by atoms with van der Waals surface area (Å²) >= 11 is 4.62. The third-order valence-corrected chi connectivity index (χ3v) is 7.18. The Bertz CT molecular complexity index is 513. The summed E-state index contributed by atoms with van der Waals surface area (Å²) in [5.74, 6) is 0. The molecule has 0 radical (unpaired) electrons. The van der Waals surface area contributed by atoms with Crippen LogP contribution < -0.4 is 10.0 Å². The van der Waals surface area contributed by atoms with Gasteiger partial charge in [0.2, 0.25) is 10.0 Å². The Kier molecular flexibility index (Phi) is 6.28. The van der Waals surface area contributed by atoms with E-state index in [0.717, 1.165) is 28.7 Å². The van der Waals surface area contributed by atoms with E-state index in [-0.39, 0.29) is 18.4 Å². The smallest absolute Gasteiger partial charge is 0.250 e. The lowest BCUT2D eigenvalue weighted by Gasteiger charge is -2.28. The number of rotatable bonds is 3. The number of hydrogen-bond acceptors (Lipinski definition) is 4. The summed E-state index contributed by atoms with van der Waals surface area (Å²) < 4.78 is 28.5. The van der Waals surface area contributed by atoms with Gasteiger partial charge in [-0.1, -0.05) is 0 Å². The molecule has 0 saturated carbocycles. The molecule has 2 unspecified atom stereocenters. The van der Waals surface area contributed by atoms with Crippen molar-refractivity contribution in [1.29, 1.82) is 0 Å². The number of piperidine rings is 1. The molecule has 4 nitrogen and oxygen atoms in total. The van der Waals surface area contributed by atoms with Gasteiger partial charge in [-0.3, -0.25) is 0 Å². The van der Waals surface area contributed by atoms with Crippen LogP contribution in [-0.2, 0) is 10.0 Å². The first-order valence-electron chi connectivity index (χ1n) is 5.90. The molecule has 0 aliphatic carbocycles. The normalized spacial score (nSPS) is 23.9. The van der Waals surface area contributed by atoms with E-state index in [4.69, 9.17) is 0 Å². The quantitative estimate of drug-likeness (QED) is 0.835. The van der Waals surface area contributed by atoms with Crippen molar-refractivity contribution in [2.45, 2.75) is 43.0 Å². The lowest BCUT2D eigenvalue weighted by Crippen LogP contribution is -2.46. The van der Waals surface area contributed by atoms with Crippen molar-refractivity contribution < 1.29 is 8.42 Å². The molecule has 2 N–H and O–H groups in total. The highest BCUT2D eigenvalue weighted by molar-refractivity contribution is 9.11. The molecule has 0 aromatic carbocycles. The van der Waals surface area contributed by atoms with Crippen molar-refractivity contribution >= 4 is 49.7 Å². The molecule has 1 aromatic heterocycles. The maximum atomic E-state index is 12.2. The Balaban J connectivity index is 0.00000180. The minimum Gasteiger partial charge on any atom is -0.314 e. The number of halogens is 2. The molecule has 1 aliphatic rings. The summed E-state index contributed by atoms with van der Waals surface area (Å²) in [6.45, 7) is 4.83. The Morgan fingerprint density at radius 3 is 2.74 bits per heavy atom. The van der Waals surface area contributed by atoms with Gasteiger partial charge >= 0.3 is 0 Å². The van der Waals surface area contributed by atoms with Gasteiger partial charge in [-0.15, -0.1) is 23.7 Å². The molecule has 110 valence electrons. The van der Waals surface area contributed by atoms with Crippen molar-refractivity contribution in [3.63, 3.8) is 0 Å². The van der Waals surface area contributed by atoms with Crippen LogP contribution in [0.3, 0.4) is 0 Å². The fourth-order valence-electron chi connectivity index (χ4n) is 2.08. The number of thiophene rings is 1. The predicted molar refractivity (Wildman–Crippen MR) is 84.8 cm³/mol. The average Bonchev–Trinajstić information content (AvgIpc) is 2.59. The molecular weight excluding hydrogens is 372 g/mol. The van der Waals surface area contributed by atoms with Crippen LogP contribution in [0.15, 0.2) is 14.1 Å². The van der Waals surface area contributed by atoms with Crippen LogP contribution in [0.1, 0.15) is 25.3 Å². The van der Waals surface area contributed by atoms with Gasteiger partial charge in [-0.2, -0.15) is 0 Å². The fraction of sp³-hybridized carbons (Fsp3) is 0.636. The highest BCUT2D eigenvalue weighted by atomic mass is 79.9. The second-order valence-corrected chi connectivity index (χ2v) is 9.03. The Hall–Kier alpha value is 0.340. The summed E-state index contributed by atoms with van der Waals surface area (Å²) in [6, 6.07) is 2.11. The largest absolute Gasteiger partial charge is 0.314 e. The van der Waals surface area contributed by atoms with Gasteiger partial charge in [-0.05, 0) is 60.8 Å². The summed E-state index contributed by atoms with van der Waals surface area (Å²) in [4.78, 5) is 0. The molecule has 1 aromatic rings. The summed E-state index contributed by atoms with van der Waals surface area (Å²) in [5.41, 5.74) is 0.957. The Morgan fingerprint density at radius 1 is 1.53 bits per heavy atom. The van der Waals surface area contributed by atoms with Crippen molar-refractivity contribution in [3.05, 3.63) is 15.4 Å². The molecule has 1 fully saturated rings. The summed E-state index contributed by atoms with van der Waals surface area (Å²) in [7, 11) is -3.37. The van der Waals surface area contributed by atoms with Gasteiger partial charge in [0, 0.05) is 12.1 Å². The van der Waals surface area contributed by atoms with Crippen LogP contribution in [0.5, 0.6) is 0 Å². The van der Waals surface area contributed by atoms with Crippen LogP contribution in [-0.4, -0.2) is 27.0 Å². The van der Waals surface area contributed by atoms with Gasteiger partial charge in [0.05, 0.1) is 3.79 Å². The second kappa shape index (κ2) is 6.87. The van der Waals surface area contributed by atoms with Crippen LogP contribution in [0, 0.1) is 6.92 Å². The van der Waals surface area contributed by atoms with E-state index in [1.54, 1.807) is 6.07 Å². The SMILES string of the molecule is Cc1cc(S(=O)(=O)NC2CCNC(C)C2)sc1Br.Cl. The maximum absolute atomic E-state index is 12.2. The van der Waals surface area contributed by atoms with E-state index in [1.165, 1.54) is 11.3 Å². The highest BCUT2D eigenvalue weighted by Crippen LogP contribution is 2.30. The number of sulfonamides is 1. The van der Waals surface area contributed by atoms with E-state index in [2.05, 4.69) is 32.9 Å². The second-order valence-electron chi connectivity index (χ2n) is 4.72. The Labute approximate surface area is 133 Å². The predicted octanol–water partition coefficient (Wildman–Crippen LogP) is 2.66. The van der Waals surface area contributed by atoms with E-state index >= 15 is 0 Å². The molecule has 1 aliphatic heterocycles. The molecule has 0 amide bonds. The molecule has 2 heterocycles. The summed E-state index contributed by atoms with van der Waals surface area (Å²) in [5, 5.41) is 3.31. The molecule has 2 atom stereocenters. The molecule has 1 saturated heterocycles. The number of aryl methyl sites for hydroxylation is 1. The molecule has 0 bridgehead atoms. The van der Waals surface area contributed by atoms with E-state index in [0.29, 0.717) is 10.3 Å². The standard InChI is InChI=1S/C11H17BrN2O2S2.ClH/c1-7-5-10(17-11(7)12)18(15,16)14-9-3-4-13-8(2)6-9;/h5,8-9,13-14H,3-4,6H2,1-2H3;1H. The van der Waals surface area contributed by atoms with Gasteiger partial charge < -0.3 is 5.32 Å². The topological polar surface area (TPSA) is 58.2 Å². The van der Waals surface area contributed by atoms with Crippen molar-refractivity contribution in [2.75, 3.05) is 6.54 Å². The van der Waals surface area contributed by atoms with Gasteiger partial charge in [-0.25, -0.2) is 13.1 Å². The van der Waals surface area contributed by atoms with Crippen LogP contribution >= 0.6 is 39.7 Å². The van der Waals surface area contributed by atoms with Crippen molar-refractivity contribution in [3.8, 4) is 0 Å². The van der Waals surface area contributed by atoms with Gasteiger partial charge in [0.15, 0.2) is 0 Å². The number of hydrogen-bond donors (Lipinski definition) is 2. The number of nitrogens with one attached hydrogen (secondary N) is 2. The van der Waals surface area contributed by atoms with E-state index in [1.807, 2.05) is 6.92 Å². The lowest BCUT2D eigenvalue weighted by atomic mass is 10.0. The van der Waals surface area contributed by atoms with Gasteiger partial charge in [0.25, 0.3) is 0 Å². The minimum absolute atomic E-state index is 0. The minimum atomic E-state index is -3.37. The first-order chi connectivity index (χ1) is 8.38. The lowest BCUT2D eigenvalue weighted by molar-refractivity contribution is 0.361. The summed E-state index contributed by atoms with van der Waals surface area (Å²) in [6.07, 6.45) is 1.68. The van der Waals surface area contributed by atoms with Gasteiger partial charge in [0.1, 0.15) is 4.21 Å². The molecule has 19 heavy (non-hydrogen) atoms. The van der Waals surface area contributed by atoms with E-state index < -0.39 is 10.0 Å². The zero-order valence-electron chi connectivity index (χ0n) is 10.8. The van der Waals surface area contributed by atoms with E-state index in [9.17, 15) is 8.42 Å². The van der Waals surface area contributed by atoms with Crippen LogP contribution in [0.2, 0.25) is 0 Å². The average molecular weight is 390 g/mol.